The number of rotatable bonds is 4. The van der Waals surface area contributed by atoms with Crippen molar-refractivity contribution in [2.45, 2.75) is 51.2 Å². The number of aromatic nitrogens is 2. The zero-order valence-electron chi connectivity index (χ0n) is 16.2. The van der Waals surface area contributed by atoms with Crippen molar-refractivity contribution in [3.8, 4) is 10.4 Å². The standard InChI is InChI=1S/C19H21F3N4O2S/c1-11-15(12-6-7-23-14(9-12)18(2,3)19(20,21)22)29-16(24-11)25-17(28)26-8-4-5-13(26)10-27/h6-7,9-10,13H,4-5,8H2,1-3H3,(H,24,25,28). The fraction of sp³-hybridized carbons (Fsp3) is 0.474. The van der Waals surface area contributed by atoms with Crippen LogP contribution in [0.4, 0.5) is 23.1 Å². The number of likely N-dealkylation sites (tertiary alicyclic amines) is 1. The lowest BCUT2D eigenvalue weighted by Crippen LogP contribution is -2.39. The molecule has 1 saturated heterocycles. The Morgan fingerprint density at radius 1 is 1.38 bits per heavy atom. The highest BCUT2D eigenvalue weighted by molar-refractivity contribution is 7.19. The van der Waals surface area contributed by atoms with E-state index in [0.717, 1.165) is 26.6 Å². The fourth-order valence-corrected chi connectivity index (χ4v) is 4.08. The third-order valence-corrected chi connectivity index (χ3v) is 6.22. The highest BCUT2D eigenvalue weighted by Crippen LogP contribution is 2.41. The molecule has 2 aromatic heterocycles. The molecule has 0 bridgehead atoms. The highest BCUT2D eigenvalue weighted by atomic mass is 32.1. The smallest absolute Gasteiger partial charge is 0.315 e. The topological polar surface area (TPSA) is 75.2 Å². The Kier molecular flexibility index (Phi) is 5.66. The van der Waals surface area contributed by atoms with Crippen LogP contribution in [-0.2, 0) is 10.2 Å². The molecule has 2 aromatic rings. The maximum Gasteiger partial charge on any atom is 0.399 e. The maximum atomic E-state index is 13.4. The Hall–Kier alpha value is -2.49. The van der Waals surface area contributed by atoms with Gasteiger partial charge in [0, 0.05) is 12.7 Å². The van der Waals surface area contributed by atoms with Gasteiger partial charge < -0.3 is 9.69 Å². The van der Waals surface area contributed by atoms with Gasteiger partial charge >= 0.3 is 12.2 Å². The molecule has 1 aliphatic heterocycles. The first kappa shape index (κ1) is 21.2. The van der Waals surface area contributed by atoms with Crippen LogP contribution in [0, 0.1) is 6.92 Å². The molecule has 0 aromatic carbocycles. The molecule has 0 radical (unpaired) electrons. The number of hydrogen-bond acceptors (Lipinski definition) is 5. The minimum Gasteiger partial charge on any atom is -0.315 e. The monoisotopic (exact) mass is 426 g/mol. The van der Waals surface area contributed by atoms with Crippen molar-refractivity contribution >= 4 is 28.8 Å². The Balaban J connectivity index is 1.85. The van der Waals surface area contributed by atoms with E-state index in [1.807, 2.05) is 0 Å². The summed E-state index contributed by atoms with van der Waals surface area (Å²) < 4.78 is 40.1. The first-order valence-corrected chi connectivity index (χ1v) is 9.90. The van der Waals surface area contributed by atoms with E-state index >= 15 is 0 Å². The molecule has 10 heteroatoms. The number of anilines is 1. The van der Waals surface area contributed by atoms with Crippen molar-refractivity contribution in [2.24, 2.45) is 0 Å². The summed E-state index contributed by atoms with van der Waals surface area (Å²) in [7, 11) is 0. The number of aryl methyl sites for hydroxylation is 1. The van der Waals surface area contributed by atoms with Gasteiger partial charge in [0.1, 0.15) is 11.7 Å². The number of amides is 2. The zero-order chi connectivity index (χ0) is 21.4. The Bertz CT molecular complexity index is 926. The van der Waals surface area contributed by atoms with Crippen LogP contribution in [0.2, 0.25) is 0 Å². The molecule has 1 unspecified atom stereocenters. The van der Waals surface area contributed by atoms with Crippen molar-refractivity contribution in [3.63, 3.8) is 0 Å². The minimum atomic E-state index is -4.44. The van der Waals surface area contributed by atoms with Gasteiger partial charge in [-0.1, -0.05) is 11.3 Å². The van der Waals surface area contributed by atoms with E-state index in [1.165, 1.54) is 28.5 Å². The summed E-state index contributed by atoms with van der Waals surface area (Å²) in [5, 5.41) is 3.01. The van der Waals surface area contributed by atoms with Crippen LogP contribution in [0.25, 0.3) is 10.4 Å². The first-order chi connectivity index (χ1) is 13.5. The van der Waals surface area contributed by atoms with Gasteiger partial charge in [0.15, 0.2) is 5.13 Å². The lowest BCUT2D eigenvalue weighted by molar-refractivity contribution is -0.181. The van der Waals surface area contributed by atoms with Crippen LogP contribution in [-0.4, -0.2) is 45.9 Å². The number of hydrogen-bond donors (Lipinski definition) is 1. The van der Waals surface area contributed by atoms with Crippen molar-refractivity contribution in [2.75, 3.05) is 11.9 Å². The second-order valence-corrected chi connectivity index (χ2v) is 8.45. The van der Waals surface area contributed by atoms with Crippen LogP contribution in [0.15, 0.2) is 18.3 Å². The maximum absolute atomic E-state index is 13.4. The van der Waals surface area contributed by atoms with E-state index in [2.05, 4.69) is 15.3 Å². The Labute approximate surface area is 170 Å². The van der Waals surface area contributed by atoms with Crippen molar-refractivity contribution < 1.29 is 22.8 Å². The number of carbonyl (C=O) groups excluding carboxylic acids is 2. The van der Waals surface area contributed by atoms with E-state index in [0.29, 0.717) is 34.2 Å². The lowest BCUT2D eigenvalue weighted by atomic mass is 9.87. The summed E-state index contributed by atoms with van der Waals surface area (Å²) in [4.78, 5) is 33.8. The number of halogens is 3. The van der Waals surface area contributed by atoms with Gasteiger partial charge in [-0.2, -0.15) is 13.2 Å². The van der Waals surface area contributed by atoms with Crippen LogP contribution in [0.5, 0.6) is 0 Å². The number of nitrogens with one attached hydrogen (secondary N) is 1. The van der Waals surface area contributed by atoms with Gasteiger partial charge in [0.05, 0.1) is 22.3 Å². The number of urea groups is 1. The molecule has 0 aliphatic carbocycles. The third kappa shape index (κ3) is 4.12. The van der Waals surface area contributed by atoms with E-state index in [1.54, 1.807) is 13.0 Å². The third-order valence-electron chi connectivity index (χ3n) is 5.10. The van der Waals surface area contributed by atoms with Gasteiger partial charge in [0.25, 0.3) is 0 Å². The van der Waals surface area contributed by atoms with Gasteiger partial charge in [-0.25, -0.2) is 9.78 Å². The summed E-state index contributed by atoms with van der Waals surface area (Å²) in [6, 6.07) is 2.17. The first-order valence-electron chi connectivity index (χ1n) is 9.08. The van der Waals surface area contributed by atoms with E-state index in [-0.39, 0.29) is 5.69 Å². The van der Waals surface area contributed by atoms with Gasteiger partial charge in [0.2, 0.25) is 0 Å². The van der Waals surface area contributed by atoms with Crippen molar-refractivity contribution in [1.82, 2.24) is 14.9 Å². The quantitative estimate of drug-likeness (QED) is 0.728. The van der Waals surface area contributed by atoms with E-state index in [9.17, 15) is 22.8 Å². The van der Waals surface area contributed by atoms with E-state index in [4.69, 9.17) is 0 Å². The summed E-state index contributed by atoms with van der Waals surface area (Å²) in [6.07, 6.45) is -0.951. The normalized spacial score (nSPS) is 17.4. The Morgan fingerprint density at radius 3 is 2.76 bits per heavy atom. The minimum absolute atomic E-state index is 0.0909. The molecule has 3 rings (SSSR count). The fourth-order valence-electron chi connectivity index (χ4n) is 3.13. The molecule has 0 saturated carbocycles. The molecular weight excluding hydrogens is 405 g/mol. The molecule has 1 atom stereocenters. The number of pyridine rings is 1. The zero-order valence-corrected chi connectivity index (χ0v) is 17.0. The second-order valence-electron chi connectivity index (χ2n) is 7.46. The second kappa shape index (κ2) is 7.74. The van der Waals surface area contributed by atoms with Crippen LogP contribution >= 0.6 is 11.3 Å². The average Bonchev–Trinajstić information content (AvgIpc) is 3.27. The molecule has 6 nitrogen and oxygen atoms in total. The van der Waals surface area contributed by atoms with Gasteiger partial charge in [-0.3, -0.25) is 10.3 Å². The highest BCUT2D eigenvalue weighted by Gasteiger charge is 2.49. The predicted molar refractivity (Wildman–Crippen MR) is 104 cm³/mol. The number of carbonyl (C=O) groups is 2. The van der Waals surface area contributed by atoms with Crippen molar-refractivity contribution in [3.05, 3.63) is 29.7 Å². The molecule has 1 aliphatic rings. The van der Waals surface area contributed by atoms with Crippen LogP contribution < -0.4 is 5.32 Å². The molecule has 156 valence electrons. The number of aldehydes is 1. The Morgan fingerprint density at radius 2 is 2.10 bits per heavy atom. The summed E-state index contributed by atoms with van der Waals surface area (Å²) in [6.45, 7) is 4.39. The van der Waals surface area contributed by atoms with Gasteiger partial charge in [-0.05, 0) is 51.3 Å². The molecular formula is C19H21F3N4O2S. The number of nitrogens with zero attached hydrogens (tertiary/aromatic N) is 3. The van der Waals surface area contributed by atoms with Gasteiger partial charge in [-0.15, -0.1) is 0 Å². The SMILES string of the molecule is Cc1nc(NC(=O)N2CCCC2C=O)sc1-c1ccnc(C(C)(C)C(F)(F)F)c1. The van der Waals surface area contributed by atoms with Crippen LogP contribution in [0.3, 0.4) is 0 Å². The van der Waals surface area contributed by atoms with Crippen LogP contribution in [0.1, 0.15) is 38.1 Å². The lowest BCUT2D eigenvalue weighted by Gasteiger charge is -2.27. The molecule has 3 heterocycles. The molecule has 1 N–H and O–H groups in total. The van der Waals surface area contributed by atoms with E-state index < -0.39 is 23.7 Å². The van der Waals surface area contributed by atoms with Crippen molar-refractivity contribution in [1.29, 1.82) is 0 Å². The molecule has 0 spiro atoms. The largest absolute Gasteiger partial charge is 0.399 e. The summed E-state index contributed by atoms with van der Waals surface area (Å²) >= 11 is 1.17. The summed E-state index contributed by atoms with van der Waals surface area (Å²) in [5.74, 6) is 0. The molecule has 29 heavy (non-hydrogen) atoms. The number of thiazole rings is 1. The number of alkyl halides is 3. The average molecular weight is 426 g/mol. The molecule has 1 fully saturated rings. The molecule has 2 amide bonds. The summed E-state index contributed by atoms with van der Waals surface area (Å²) in [5.41, 5.74) is -1.06. The predicted octanol–water partition coefficient (Wildman–Crippen LogP) is 4.55.